The van der Waals surface area contributed by atoms with Gasteiger partial charge in [0.05, 0.1) is 0 Å². The Morgan fingerprint density at radius 3 is 2.27 bits per heavy atom. The van der Waals surface area contributed by atoms with Gasteiger partial charge in [-0.25, -0.2) is 9.59 Å². The number of aryl methyl sites for hydroxylation is 2. The molecule has 30 heavy (non-hydrogen) atoms. The van der Waals surface area contributed by atoms with Gasteiger partial charge >= 0.3 is 12.0 Å². The number of carbonyl (C=O) groups is 4. The van der Waals surface area contributed by atoms with E-state index in [1.807, 2.05) is 26.0 Å². The first-order valence-electron chi connectivity index (χ1n) is 9.38. The number of nitrogens with one attached hydrogen (secondary N) is 2. The van der Waals surface area contributed by atoms with E-state index >= 15 is 0 Å². The molecule has 0 atom stereocenters. The number of amides is 3. The highest BCUT2D eigenvalue weighted by atomic mass is 16.6. The minimum atomic E-state index is -0.770. The van der Waals surface area contributed by atoms with Crippen LogP contribution in [0.5, 0.6) is 5.75 Å². The van der Waals surface area contributed by atoms with E-state index in [0.717, 1.165) is 11.1 Å². The standard InChI is InChI=1S/C22H24N2O6/c1-4-19(25)16-6-8-17(9-7-16)29-13-21(27)30-12-20(26)24-22(28)23-18-10-5-14(2)11-15(18)3/h5-11H,4,12-13H2,1-3H3,(H2,23,24,26,28). The third-order valence-corrected chi connectivity index (χ3v) is 4.10. The highest BCUT2D eigenvalue weighted by Crippen LogP contribution is 2.16. The van der Waals surface area contributed by atoms with Crippen molar-refractivity contribution in [1.82, 2.24) is 5.32 Å². The van der Waals surface area contributed by atoms with Crippen LogP contribution in [0, 0.1) is 13.8 Å². The summed E-state index contributed by atoms with van der Waals surface area (Å²) in [7, 11) is 0. The van der Waals surface area contributed by atoms with Crippen molar-refractivity contribution in [1.29, 1.82) is 0 Å². The molecule has 2 rings (SSSR count). The topological polar surface area (TPSA) is 111 Å². The van der Waals surface area contributed by atoms with Crippen molar-refractivity contribution < 1.29 is 28.7 Å². The maximum absolute atomic E-state index is 11.9. The first-order valence-corrected chi connectivity index (χ1v) is 9.38. The van der Waals surface area contributed by atoms with Gasteiger partial charge in [0.2, 0.25) is 0 Å². The Morgan fingerprint density at radius 2 is 1.63 bits per heavy atom. The van der Waals surface area contributed by atoms with Crippen LogP contribution in [0.25, 0.3) is 0 Å². The molecule has 2 aromatic carbocycles. The number of ether oxygens (including phenoxy) is 2. The molecule has 0 bridgehead atoms. The molecule has 158 valence electrons. The van der Waals surface area contributed by atoms with Gasteiger partial charge in [0.15, 0.2) is 19.0 Å². The molecule has 3 amide bonds. The minimum absolute atomic E-state index is 0.00791. The monoisotopic (exact) mass is 412 g/mol. The molecule has 0 saturated heterocycles. The van der Waals surface area contributed by atoms with E-state index < -0.39 is 31.1 Å². The lowest BCUT2D eigenvalue weighted by atomic mass is 10.1. The Labute approximate surface area is 174 Å². The van der Waals surface area contributed by atoms with Crippen LogP contribution in [0.2, 0.25) is 0 Å². The number of benzene rings is 2. The largest absolute Gasteiger partial charge is 0.482 e. The third kappa shape index (κ3) is 7.05. The zero-order chi connectivity index (χ0) is 22.1. The van der Waals surface area contributed by atoms with Crippen LogP contribution in [-0.2, 0) is 14.3 Å². The average Bonchev–Trinajstić information content (AvgIpc) is 2.72. The fourth-order valence-corrected chi connectivity index (χ4v) is 2.54. The Hall–Kier alpha value is -3.68. The fourth-order valence-electron chi connectivity index (χ4n) is 2.54. The van der Waals surface area contributed by atoms with E-state index in [1.165, 1.54) is 0 Å². The van der Waals surface area contributed by atoms with Gasteiger partial charge in [-0.05, 0) is 49.7 Å². The number of hydrogen-bond acceptors (Lipinski definition) is 6. The summed E-state index contributed by atoms with van der Waals surface area (Å²) in [5.74, 6) is -1.15. The number of urea groups is 1. The molecule has 0 radical (unpaired) electrons. The van der Waals surface area contributed by atoms with Crippen molar-refractivity contribution in [3.63, 3.8) is 0 Å². The van der Waals surface area contributed by atoms with Gasteiger partial charge in [0.25, 0.3) is 5.91 Å². The number of hydrogen-bond donors (Lipinski definition) is 2. The molecular weight excluding hydrogens is 388 g/mol. The average molecular weight is 412 g/mol. The van der Waals surface area contributed by atoms with Gasteiger partial charge in [0, 0.05) is 17.7 Å². The van der Waals surface area contributed by atoms with E-state index in [2.05, 4.69) is 10.6 Å². The van der Waals surface area contributed by atoms with E-state index in [4.69, 9.17) is 9.47 Å². The van der Waals surface area contributed by atoms with Crippen LogP contribution in [0.4, 0.5) is 10.5 Å². The number of carbonyl (C=O) groups excluding carboxylic acids is 4. The van der Waals surface area contributed by atoms with Crippen molar-refractivity contribution in [3.8, 4) is 5.75 Å². The molecule has 0 fully saturated rings. The summed E-state index contributed by atoms with van der Waals surface area (Å²) < 4.78 is 10.0. The highest BCUT2D eigenvalue weighted by molar-refractivity contribution is 6.02. The van der Waals surface area contributed by atoms with Gasteiger partial charge < -0.3 is 14.8 Å². The Kier molecular flexibility index (Phi) is 8.10. The van der Waals surface area contributed by atoms with Crippen LogP contribution >= 0.6 is 0 Å². The zero-order valence-electron chi connectivity index (χ0n) is 17.1. The maximum atomic E-state index is 11.9. The molecule has 0 aliphatic rings. The van der Waals surface area contributed by atoms with Crippen molar-refractivity contribution in [3.05, 3.63) is 59.2 Å². The van der Waals surface area contributed by atoms with E-state index in [1.54, 1.807) is 37.3 Å². The number of esters is 1. The van der Waals surface area contributed by atoms with Crippen LogP contribution in [0.1, 0.15) is 34.8 Å². The van der Waals surface area contributed by atoms with Gasteiger partial charge in [-0.3, -0.25) is 14.9 Å². The summed E-state index contributed by atoms with van der Waals surface area (Å²) >= 11 is 0. The molecule has 0 saturated carbocycles. The third-order valence-electron chi connectivity index (χ3n) is 4.10. The number of Topliss-reactive ketones (excluding diaryl/α,β-unsaturated/α-hetero) is 1. The summed E-state index contributed by atoms with van der Waals surface area (Å²) in [4.78, 5) is 46.9. The molecule has 0 aliphatic heterocycles. The number of anilines is 1. The lowest BCUT2D eigenvalue weighted by Gasteiger charge is -2.10. The first-order chi connectivity index (χ1) is 14.3. The van der Waals surface area contributed by atoms with E-state index in [9.17, 15) is 19.2 Å². The summed E-state index contributed by atoms with van der Waals surface area (Å²) in [5, 5.41) is 4.64. The molecule has 0 aromatic heterocycles. The summed E-state index contributed by atoms with van der Waals surface area (Å²) in [5.41, 5.74) is 3.04. The quantitative estimate of drug-likeness (QED) is 0.509. The highest BCUT2D eigenvalue weighted by Gasteiger charge is 2.13. The molecule has 2 aromatic rings. The molecule has 0 heterocycles. The number of ketones is 1. The fraction of sp³-hybridized carbons (Fsp3) is 0.273. The second-order valence-corrected chi connectivity index (χ2v) is 6.57. The summed E-state index contributed by atoms with van der Waals surface area (Å²) in [6.45, 7) is 4.50. The van der Waals surface area contributed by atoms with Gasteiger partial charge in [0.1, 0.15) is 5.75 Å². The molecule has 0 unspecified atom stereocenters. The van der Waals surface area contributed by atoms with Crippen molar-refractivity contribution >= 4 is 29.4 Å². The van der Waals surface area contributed by atoms with E-state index in [-0.39, 0.29) is 5.78 Å². The van der Waals surface area contributed by atoms with Crippen molar-refractivity contribution in [2.24, 2.45) is 0 Å². The summed E-state index contributed by atoms with van der Waals surface area (Å²) in [6, 6.07) is 11.1. The predicted octanol–water partition coefficient (Wildman–Crippen LogP) is 3.17. The zero-order valence-corrected chi connectivity index (χ0v) is 17.1. The Balaban J connectivity index is 1.71. The molecule has 0 aliphatic carbocycles. The van der Waals surface area contributed by atoms with Crippen LogP contribution in [-0.4, -0.2) is 36.9 Å². The van der Waals surface area contributed by atoms with Crippen LogP contribution in [0.3, 0.4) is 0 Å². The Morgan fingerprint density at radius 1 is 0.933 bits per heavy atom. The SMILES string of the molecule is CCC(=O)c1ccc(OCC(=O)OCC(=O)NC(=O)Nc2ccc(C)cc2C)cc1. The number of imide groups is 1. The minimum Gasteiger partial charge on any atom is -0.482 e. The molecule has 2 N–H and O–H groups in total. The van der Waals surface area contributed by atoms with Gasteiger partial charge in [-0.2, -0.15) is 0 Å². The lowest BCUT2D eigenvalue weighted by molar-refractivity contribution is -0.150. The van der Waals surface area contributed by atoms with Gasteiger partial charge in [-0.15, -0.1) is 0 Å². The molecule has 8 nitrogen and oxygen atoms in total. The normalized spacial score (nSPS) is 10.1. The van der Waals surface area contributed by atoms with Crippen molar-refractivity contribution in [2.45, 2.75) is 27.2 Å². The molecule has 0 spiro atoms. The van der Waals surface area contributed by atoms with Crippen LogP contribution < -0.4 is 15.4 Å². The van der Waals surface area contributed by atoms with Gasteiger partial charge in [-0.1, -0.05) is 24.6 Å². The molecular formula is C22H24N2O6. The predicted molar refractivity (Wildman–Crippen MR) is 111 cm³/mol. The van der Waals surface area contributed by atoms with Crippen molar-refractivity contribution in [2.75, 3.05) is 18.5 Å². The lowest BCUT2D eigenvalue weighted by Crippen LogP contribution is -2.37. The first kappa shape index (κ1) is 22.6. The van der Waals surface area contributed by atoms with Crippen LogP contribution in [0.15, 0.2) is 42.5 Å². The maximum Gasteiger partial charge on any atom is 0.344 e. The number of rotatable bonds is 8. The second kappa shape index (κ2) is 10.8. The van der Waals surface area contributed by atoms with E-state index in [0.29, 0.717) is 23.4 Å². The Bertz CT molecular complexity index is 937. The smallest absolute Gasteiger partial charge is 0.344 e. The summed E-state index contributed by atoms with van der Waals surface area (Å²) in [6.07, 6.45) is 0.400. The second-order valence-electron chi connectivity index (χ2n) is 6.57. The molecule has 8 heteroatoms.